The lowest BCUT2D eigenvalue weighted by Gasteiger charge is -2.31. The zero-order valence-electron chi connectivity index (χ0n) is 16.7. The van der Waals surface area contributed by atoms with Crippen molar-refractivity contribution < 1.29 is 9.53 Å². The van der Waals surface area contributed by atoms with E-state index in [0.29, 0.717) is 16.6 Å². The van der Waals surface area contributed by atoms with Crippen molar-refractivity contribution in [3.63, 3.8) is 0 Å². The molecule has 0 unspecified atom stereocenters. The molecular formula is C23H23ClN4O2. The van der Waals surface area contributed by atoms with Crippen molar-refractivity contribution in [2.24, 2.45) is 5.92 Å². The molecule has 0 radical (unpaired) electrons. The third-order valence-corrected chi connectivity index (χ3v) is 5.40. The quantitative estimate of drug-likeness (QED) is 0.620. The molecule has 0 atom stereocenters. The summed E-state index contributed by atoms with van der Waals surface area (Å²) in [5.41, 5.74) is 1.84. The number of piperidine rings is 1. The zero-order valence-corrected chi connectivity index (χ0v) is 17.5. The van der Waals surface area contributed by atoms with Gasteiger partial charge in [-0.2, -0.15) is 0 Å². The van der Waals surface area contributed by atoms with Crippen LogP contribution in [0.25, 0.3) is 0 Å². The van der Waals surface area contributed by atoms with Crippen LogP contribution in [0.5, 0.6) is 11.5 Å². The number of aryl methyl sites for hydroxylation is 1. The fraction of sp³-hybridized carbons (Fsp3) is 0.261. The fourth-order valence-corrected chi connectivity index (χ4v) is 3.58. The molecule has 30 heavy (non-hydrogen) atoms. The largest absolute Gasteiger partial charge is 0.455 e. The average molecular weight is 423 g/mol. The summed E-state index contributed by atoms with van der Waals surface area (Å²) < 4.78 is 5.99. The van der Waals surface area contributed by atoms with E-state index in [0.717, 1.165) is 37.5 Å². The fourth-order valence-electron chi connectivity index (χ4n) is 3.48. The van der Waals surface area contributed by atoms with Crippen molar-refractivity contribution in [2.75, 3.05) is 23.3 Å². The zero-order chi connectivity index (χ0) is 20.9. The molecule has 1 fully saturated rings. The van der Waals surface area contributed by atoms with E-state index in [1.165, 1.54) is 5.56 Å². The number of amides is 1. The van der Waals surface area contributed by atoms with Gasteiger partial charge in [0.05, 0.1) is 5.69 Å². The Morgan fingerprint density at radius 1 is 1.03 bits per heavy atom. The molecule has 1 aliphatic rings. The molecule has 0 bridgehead atoms. The summed E-state index contributed by atoms with van der Waals surface area (Å²) in [7, 11) is 0. The summed E-state index contributed by atoms with van der Waals surface area (Å²) in [5, 5.41) is 11.4. The van der Waals surface area contributed by atoms with Crippen molar-refractivity contribution in [2.45, 2.75) is 19.8 Å². The van der Waals surface area contributed by atoms with Crippen LogP contribution in [0.1, 0.15) is 18.4 Å². The van der Waals surface area contributed by atoms with E-state index in [1.54, 1.807) is 6.07 Å². The molecule has 154 valence electrons. The second kappa shape index (κ2) is 9.13. The maximum atomic E-state index is 12.9. The molecule has 0 spiro atoms. The Labute approximate surface area is 180 Å². The maximum Gasteiger partial charge on any atom is 0.227 e. The molecule has 0 saturated carbocycles. The number of rotatable bonds is 5. The van der Waals surface area contributed by atoms with Crippen LogP contribution < -0.4 is 15.0 Å². The first-order valence-electron chi connectivity index (χ1n) is 9.97. The lowest BCUT2D eigenvalue weighted by molar-refractivity contribution is -0.120. The van der Waals surface area contributed by atoms with E-state index in [4.69, 9.17) is 16.3 Å². The molecule has 1 saturated heterocycles. The van der Waals surface area contributed by atoms with Gasteiger partial charge in [0.25, 0.3) is 0 Å². The van der Waals surface area contributed by atoms with Crippen LogP contribution in [0.2, 0.25) is 5.15 Å². The van der Waals surface area contributed by atoms with Gasteiger partial charge >= 0.3 is 0 Å². The number of anilines is 2. The smallest absolute Gasteiger partial charge is 0.227 e. The highest BCUT2D eigenvalue weighted by Gasteiger charge is 2.26. The summed E-state index contributed by atoms with van der Waals surface area (Å²) in [6.45, 7) is 3.52. The Morgan fingerprint density at radius 3 is 2.47 bits per heavy atom. The standard InChI is InChI=1S/C23H23ClN4O2/c1-16-6-8-18(9-7-16)30-20-5-3-2-4-19(20)25-23(29)17-12-14-28(15-13-17)22-11-10-21(24)26-27-22/h2-11,17H,12-15H2,1H3,(H,25,29). The number of hydrogen-bond acceptors (Lipinski definition) is 5. The summed E-state index contributed by atoms with van der Waals surface area (Å²) >= 11 is 5.81. The van der Waals surface area contributed by atoms with Gasteiger partial charge in [-0.3, -0.25) is 4.79 Å². The second-order valence-electron chi connectivity index (χ2n) is 7.38. The molecule has 1 aliphatic heterocycles. The van der Waals surface area contributed by atoms with Crippen LogP contribution >= 0.6 is 11.6 Å². The number of benzene rings is 2. The number of hydrogen-bond donors (Lipinski definition) is 1. The molecule has 6 nitrogen and oxygen atoms in total. The highest BCUT2D eigenvalue weighted by Crippen LogP contribution is 2.31. The summed E-state index contributed by atoms with van der Waals surface area (Å²) in [6, 6.07) is 18.9. The number of halogens is 1. The van der Waals surface area contributed by atoms with E-state index in [9.17, 15) is 4.79 Å². The third kappa shape index (κ3) is 4.89. The molecule has 7 heteroatoms. The monoisotopic (exact) mass is 422 g/mol. The molecule has 1 aromatic heterocycles. The first kappa shape index (κ1) is 20.2. The lowest BCUT2D eigenvalue weighted by Crippen LogP contribution is -2.38. The number of carbonyl (C=O) groups excluding carboxylic acids is 1. The summed E-state index contributed by atoms with van der Waals surface area (Å²) in [4.78, 5) is 15.0. The third-order valence-electron chi connectivity index (χ3n) is 5.20. The second-order valence-corrected chi connectivity index (χ2v) is 7.76. The number of para-hydroxylation sites is 2. The Morgan fingerprint density at radius 2 is 1.77 bits per heavy atom. The van der Waals surface area contributed by atoms with Gasteiger partial charge in [-0.25, -0.2) is 0 Å². The van der Waals surface area contributed by atoms with Gasteiger partial charge < -0.3 is 15.0 Å². The molecule has 4 rings (SSSR count). The van der Waals surface area contributed by atoms with Gasteiger partial charge in [0.1, 0.15) is 5.75 Å². The maximum absolute atomic E-state index is 12.9. The number of nitrogens with zero attached hydrogens (tertiary/aromatic N) is 3. The first-order valence-corrected chi connectivity index (χ1v) is 10.3. The molecule has 2 heterocycles. The minimum Gasteiger partial charge on any atom is -0.455 e. The SMILES string of the molecule is Cc1ccc(Oc2ccccc2NC(=O)C2CCN(c3ccc(Cl)nn3)CC2)cc1. The van der Waals surface area contributed by atoms with E-state index in [-0.39, 0.29) is 11.8 Å². The predicted molar refractivity (Wildman–Crippen MR) is 118 cm³/mol. The Balaban J connectivity index is 1.37. The van der Waals surface area contributed by atoms with E-state index < -0.39 is 0 Å². The Bertz CT molecular complexity index is 1000. The van der Waals surface area contributed by atoms with Gasteiger partial charge in [0.15, 0.2) is 16.7 Å². The Hall–Kier alpha value is -3.12. The summed E-state index contributed by atoms with van der Waals surface area (Å²) in [6.07, 6.45) is 1.49. The van der Waals surface area contributed by atoms with Crippen molar-refractivity contribution in [1.29, 1.82) is 0 Å². The van der Waals surface area contributed by atoms with Crippen molar-refractivity contribution in [1.82, 2.24) is 10.2 Å². The van der Waals surface area contributed by atoms with Gasteiger partial charge in [-0.15, -0.1) is 10.2 Å². The molecule has 0 aliphatic carbocycles. The molecule has 3 aromatic rings. The van der Waals surface area contributed by atoms with Gasteiger partial charge in [-0.05, 0) is 56.2 Å². The van der Waals surface area contributed by atoms with Gasteiger partial charge in [0, 0.05) is 19.0 Å². The number of carbonyl (C=O) groups is 1. The highest BCUT2D eigenvalue weighted by atomic mass is 35.5. The van der Waals surface area contributed by atoms with Crippen LogP contribution in [0.3, 0.4) is 0 Å². The van der Waals surface area contributed by atoms with Crippen LogP contribution in [-0.4, -0.2) is 29.2 Å². The molecule has 1 amide bonds. The molecule has 2 aromatic carbocycles. The van der Waals surface area contributed by atoms with Gasteiger partial charge in [-0.1, -0.05) is 41.4 Å². The van der Waals surface area contributed by atoms with E-state index >= 15 is 0 Å². The highest BCUT2D eigenvalue weighted by molar-refractivity contribution is 6.29. The van der Waals surface area contributed by atoms with Crippen LogP contribution in [0.4, 0.5) is 11.5 Å². The number of nitrogens with one attached hydrogen (secondary N) is 1. The molecular weight excluding hydrogens is 400 g/mol. The van der Waals surface area contributed by atoms with Crippen molar-refractivity contribution in [3.05, 3.63) is 71.4 Å². The minimum absolute atomic E-state index is 0.0109. The normalized spacial score (nSPS) is 14.4. The Kier molecular flexibility index (Phi) is 6.14. The lowest BCUT2D eigenvalue weighted by atomic mass is 9.95. The average Bonchev–Trinajstić information content (AvgIpc) is 2.77. The van der Waals surface area contributed by atoms with Crippen molar-refractivity contribution >= 4 is 29.0 Å². The van der Waals surface area contributed by atoms with E-state index in [2.05, 4.69) is 20.4 Å². The predicted octanol–water partition coefficient (Wildman–Crippen LogP) is 5.09. The van der Waals surface area contributed by atoms with Gasteiger partial charge in [0.2, 0.25) is 5.91 Å². The number of ether oxygens (including phenoxy) is 1. The van der Waals surface area contributed by atoms with Crippen molar-refractivity contribution in [3.8, 4) is 11.5 Å². The topological polar surface area (TPSA) is 67.3 Å². The van der Waals surface area contributed by atoms with E-state index in [1.807, 2.05) is 61.5 Å². The van der Waals surface area contributed by atoms with Crippen LogP contribution in [-0.2, 0) is 4.79 Å². The first-order chi connectivity index (χ1) is 14.6. The molecule has 1 N–H and O–H groups in total. The van der Waals surface area contributed by atoms with Crippen LogP contribution in [0, 0.1) is 12.8 Å². The minimum atomic E-state index is -0.0612. The summed E-state index contributed by atoms with van der Waals surface area (Å²) in [5.74, 6) is 2.10. The van der Waals surface area contributed by atoms with Crippen LogP contribution in [0.15, 0.2) is 60.7 Å². The number of aromatic nitrogens is 2.